The third kappa shape index (κ3) is 3.25. The number of hydrogen-bond acceptors (Lipinski definition) is 4. The summed E-state index contributed by atoms with van der Waals surface area (Å²) in [5, 5.41) is 11.9. The van der Waals surface area contributed by atoms with Crippen LogP contribution >= 0.6 is 23.2 Å². The number of para-hydroxylation sites is 1. The Hall–Kier alpha value is -2.05. The number of aromatic nitrogens is 2. The summed E-state index contributed by atoms with van der Waals surface area (Å²) in [6, 6.07) is 5.02. The van der Waals surface area contributed by atoms with Gasteiger partial charge in [-0.3, -0.25) is 9.48 Å². The number of aryl methyl sites for hydroxylation is 2. The Morgan fingerprint density at radius 2 is 2.12 bits per heavy atom. The fraction of sp³-hybridized carbons (Fsp3) is 0.312. The van der Waals surface area contributed by atoms with Crippen molar-refractivity contribution in [3.05, 3.63) is 45.7 Å². The maximum Gasteiger partial charge on any atom is 0.268 e. The van der Waals surface area contributed by atoms with Gasteiger partial charge < -0.3 is 10.2 Å². The zero-order valence-corrected chi connectivity index (χ0v) is 14.7. The molecule has 24 heavy (non-hydrogen) atoms. The predicted molar refractivity (Wildman–Crippen MR) is 93.8 cm³/mol. The summed E-state index contributed by atoms with van der Waals surface area (Å²) >= 11 is 12.1. The van der Waals surface area contributed by atoms with Crippen LogP contribution in [0.1, 0.15) is 24.6 Å². The maximum atomic E-state index is 12.4. The second-order valence-electron chi connectivity index (χ2n) is 5.41. The molecule has 126 valence electrons. The summed E-state index contributed by atoms with van der Waals surface area (Å²) in [6.07, 6.45) is 1.55. The first-order chi connectivity index (χ1) is 11.5. The van der Waals surface area contributed by atoms with Crippen LogP contribution in [0.4, 0.5) is 5.69 Å². The molecule has 1 aromatic carbocycles. The van der Waals surface area contributed by atoms with Gasteiger partial charge in [0.1, 0.15) is 0 Å². The lowest BCUT2D eigenvalue weighted by Crippen LogP contribution is -2.28. The van der Waals surface area contributed by atoms with E-state index in [1.54, 1.807) is 18.2 Å². The van der Waals surface area contributed by atoms with Crippen LogP contribution in [0, 0.1) is 6.92 Å². The molecule has 1 aliphatic heterocycles. The quantitative estimate of drug-likeness (QED) is 0.897. The summed E-state index contributed by atoms with van der Waals surface area (Å²) in [6.45, 7) is 4.68. The largest absolute Gasteiger partial charge is 0.382 e. The fourth-order valence-electron chi connectivity index (χ4n) is 2.46. The van der Waals surface area contributed by atoms with Gasteiger partial charge in [-0.1, -0.05) is 34.4 Å². The van der Waals surface area contributed by atoms with E-state index in [9.17, 15) is 4.79 Å². The summed E-state index contributed by atoms with van der Waals surface area (Å²) < 4.78 is 1.82. The first kappa shape index (κ1) is 16.8. The molecule has 8 heteroatoms. The average molecular weight is 367 g/mol. The van der Waals surface area contributed by atoms with Gasteiger partial charge in [-0.15, -0.1) is 0 Å². The number of hydrogen-bond donors (Lipinski definition) is 1. The highest BCUT2D eigenvalue weighted by Gasteiger charge is 2.31. The van der Waals surface area contributed by atoms with Gasteiger partial charge >= 0.3 is 0 Å². The van der Waals surface area contributed by atoms with Crippen LogP contribution in [-0.4, -0.2) is 27.5 Å². The van der Waals surface area contributed by atoms with E-state index in [1.807, 2.05) is 24.7 Å². The molecule has 1 unspecified atom stereocenters. The van der Waals surface area contributed by atoms with Crippen LogP contribution < -0.4 is 5.32 Å². The molecule has 1 atom stereocenters. The van der Waals surface area contributed by atoms with Crippen molar-refractivity contribution in [2.24, 2.45) is 5.16 Å². The predicted octanol–water partition coefficient (Wildman–Crippen LogP) is 3.65. The Balaban J connectivity index is 1.70. The number of nitrogens with zero attached hydrogens (tertiary/aromatic N) is 3. The lowest BCUT2D eigenvalue weighted by molar-refractivity contribution is -0.125. The van der Waals surface area contributed by atoms with E-state index in [-0.39, 0.29) is 5.91 Å². The molecule has 0 saturated carbocycles. The van der Waals surface area contributed by atoms with Crippen molar-refractivity contribution >= 4 is 40.5 Å². The van der Waals surface area contributed by atoms with Crippen molar-refractivity contribution in [2.45, 2.75) is 32.9 Å². The molecule has 1 aromatic heterocycles. The minimum absolute atomic E-state index is 0.343. The highest BCUT2D eigenvalue weighted by Crippen LogP contribution is 2.30. The average Bonchev–Trinajstić information content (AvgIpc) is 3.17. The minimum Gasteiger partial charge on any atom is -0.382 e. The van der Waals surface area contributed by atoms with Crippen molar-refractivity contribution in [1.29, 1.82) is 0 Å². The van der Waals surface area contributed by atoms with Gasteiger partial charge in [-0.2, -0.15) is 5.10 Å². The number of amides is 1. The Morgan fingerprint density at radius 3 is 2.75 bits per heavy atom. The van der Waals surface area contributed by atoms with Crippen molar-refractivity contribution in [2.75, 3.05) is 5.32 Å². The number of halogens is 2. The van der Waals surface area contributed by atoms with Crippen LogP contribution in [-0.2, 0) is 16.2 Å². The first-order valence-corrected chi connectivity index (χ1v) is 8.27. The van der Waals surface area contributed by atoms with Crippen LogP contribution in [0.25, 0.3) is 0 Å². The number of rotatable bonds is 4. The van der Waals surface area contributed by atoms with E-state index >= 15 is 0 Å². The molecule has 1 N–H and O–H groups in total. The molecular formula is C16H16Cl2N4O2. The molecule has 2 aromatic rings. The van der Waals surface area contributed by atoms with Crippen molar-refractivity contribution in [3.8, 4) is 0 Å². The lowest BCUT2D eigenvalue weighted by atomic mass is 10.1. The fourth-order valence-corrected chi connectivity index (χ4v) is 2.95. The molecule has 1 aliphatic rings. The van der Waals surface area contributed by atoms with Gasteiger partial charge in [0.2, 0.25) is 6.10 Å². The van der Waals surface area contributed by atoms with E-state index in [0.29, 0.717) is 27.9 Å². The van der Waals surface area contributed by atoms with Crippen molar-refractivity contribution in [3.63, 3.8) is 0 Å². The Morgan fingerprint density at radius 1 is 1.42 bits per heavy atom. The van der Waals surface area contributed by atoms with Gasteiger partial charge in [-0.05, 0) is 26.0 Å². The molecule has 1 amide bonds. The lowest BCUT2D eigenvalue weighted by Gasteiger charge is -2.12. The molecule has 3 rings (SSSR count). The smallest absolute Gasteiger partial charge is 0.268 e. The van der Waals surface area contributed by atoms with E-state index in [1.165, 1.54) is 0 Å². The number of carbonyl (C=O) groups excluding carboxylic acids is 1. The molecule has 6 nitrogen and oxygen atoms in total. The highest BCUT2D eigenvalue weighted by molar-refractivity contribution is 6.39. The molecule has 0 bridgehead atoms. The monoisotopic (exact) mass is 366 g/mol. The third-order valence-corrected chi connectivity index (χ3v) is 4.38. The van der Waals surface area contributed by atoms with Crippen molar-refractivity contribution < 1.29 is 9.63 Å². The van der Waals surface area contributed by atoms with E-state index in [2.05, 4.69) is 15.6 Å². The van der Waals surface area contributed by atoms with Crippen LogP contribution in [0.2, 0.25) is 10.0 Å². The summed E-state index contributed by atoms with van der Waals surface area (Å²) in [5.41, 5.74) is 2.83. The molecule has 0 saturated heterocycles. The van der Waals surface area contributed by atoms with Crippen molar-refractivity contribution in [1.82, 2.24) is 9.78 Å². The third-order valence-electron chi connectivity index (χ3n) is 3.75. The standard InChI is InChI=1S/C16H16Cl2N4O2/c1-3-22-8-10(9(2)20-22)13-7-14(24-21-13)16(23)19-15-11(17)5-4-6-12(15)18/h4-6,8,14H,3,7H2,1-2H3,(H,19,23). The van der Waals surface area contributed by atoms with Gasteiger partial charge in [0.05, 0.1) is 27.1 Å². The summed E-state index contributed by atoms with van der Waals surface area (Å²) in [5.74, 6) is -0.343. The van der Waals surface area contributed by atoms with Gasteiger partial charge in [0.15, 0.2) is 0 Å². The SMILES string of the molecule is CCn1cc(C2=NOC(C(=O)Nc3c(Cl)cccc3Cl)C2)c(C)n1. The molecule has 0 radical (unpaired) electrons. The number of oxime groups is 1. The Bertz CT molecular complexity index is 796. The number of anilines is 1. The topological polar surface area (TPSA) is 68.5 Å². The molecule has 0 aliphatic carbocycles. The van der Waals surface area contributed by atoms with E-state index in [4.69, 9.17) is 28.0 Å². The summed E-state index contributed by atoms with van der Waals surface area (Å²) in [4.78, 5) is 17.7. The van der Waals surface area contributed by atoms with Crippen LogP contribution in [0.3, 0.4) is 0 Å². The molecular weight excluding hydrogens is 351 g/mol. The van der Waals surface area contributed by atoms with E-state index < -0.39 is 6.10 Å². The molecule has 2 heterocycles. The maximum absolute atomic E-state index is 12.4. The first-order valence-electron chi connectivity index (χ1n) is 7.51. The van der Waals surface area contributed by atoms with Gasteiger partial charge in [0.25, 0.3) is 5.91 Å². The highest BCUT2D eigenvalue weighted by atomic mass is 35.5. The zero-order chi connectivity index (χ0) is 17.3. The second kappa shape index (κ2) is 6.83. The number of nitrogens with one attached hydrogen (secondary N) is 1. The number of carbonyl (C=O) groups is 1. The normalized spacial score (nSPS) is 16.7. The second-order valence-corrected chi connectivity index (χ2v) is 6.22. The number of benzene rings is 1. The Labute approximate surface area is 149 Å². The van der Waals surface area contributed by atoms with Gasteiger partial charge in [-0.25, -0.2) is 0 Å². The van der Waals surface area contributed by atoms with E-state index in [0.717, 1.165) is 17.8 Å². The zero-order valence-electron chi connectivity index (χ0n) is 13.2. The molecule has 0 spiro atoms. The molecule has 0 fully saturated rings. The Kier molecular flexibility index (Phi) is 4.78. The van der Waals surface area contributed by atoms with Crippen LogP contribution in [0.5, 0.6) is 0 Å². The minimum atomic E-state index is -0.725. The summed E-state index contributed by atoms with van der Waals surface area (Å²) in [7, 11) is 0. The van der Waals surface area contributed by atoms with Gasteiger partial charge in [0, 0.05) is 24.7 Å². The van der Waals surface area contributed by atoms with Crippen LogP contribution in [0.15, 0.2) is 29.6 Å².